The highest BCUT2D eigenvalue weighted by atomic mass is 16.5. The molecule has 0 aromatic carbocycles. The maximum atomic E-state index is 13.3. The van der Waals surface area contributed by atoms with Crippen molar-refractivity contribution in [2.24, 2.45) is 0 Å². The van der Waals surface area contributed by atoms with E-state index in [9.17, 15) is 9.59 Å². The lowest BCUT2D eigenvalue weighted by Crippen LogP contribution is -2.65. The van der Waals surface area contributed by atoms with E-state index in [-0.39, 0.29) is 17.9 Å². The van der Waals surface area contributed by atoms with E-state index >= 15 is 0 Å². The number of hydrogen-bond acceptors (Lipinski definition) is 4. The molecule has 1 unspecified atom stereocenters. The molecule has 4 rings (SSSR count). The molecule has 7 heteroatoms. The van der Waals surface area contributed by atoms with Crippen LogP contribution in [0.1, 0.15) is 43.1 Å². The van der Waals surface area contributed by atoms with Crippen LogP contribution < -0.4 is 5.32 Å². The van der Waals surface area contributed by atoms with Gasteiger partial charge in [-0.3, -0.25) is 9.59 Å². The van der Waals surface area contributed by atoms with Crippen molar-refractivity contribution < 1.29 is 18.7 Å². The Hall–Kier alpha value is -2.54. The van der Waals surface area contributed by atoms with Gasteiger partial charge in [0.25, 0.3) is 5.91 Å². The topological polar surface area (TPSA) is 76.7 Å². The molecule has 1 N–H and O–H groups in total. The lowest BCUT2D eigenvalue weighted by atomic mass is 9.94. The molecular formula is C21H27N3O4. The molecule has 150 valence electrons. The molecule has 3 heterocycles. The fourth-order valence-corrected chi connectivity index (χ4v) is 4.36. The molecule has 1 saturated carbocycles. The monoisotopic (exact) mass is 385 g/mol. The molecule has 2 aromatic rings. The first-order chi connectivity index (χ1) is 13.5. The highest BCUT2D eigenvalue weighted by molar-refractivity contribution is 6.00. The number of methoxy groups -OCH3 is 1. The molecule has 2 aliphatic rings. The van der Waals surface area contributed by atoms with Crippen LogP contribution in [0.2, 0.25) is 0 Å². The van der Waals surface area contributed by atoms with Crippen molar-refractivity contribution >= 4 is 11.8 Å². The van der Waals surface area contributed by atoms with Crippen molar-refractivity contribution in [3.8, 4) is 11.5 Å². The highest BCUT2D eigenvalue weighted by Crippen LogP contribution is 2.33. The van der Waals surface area contributed by atoms with Crippen LogP contribution in [-0.2, 0) is 16.1 Å². The second kappa shape index (κ2) is 7.47. The van der Waals surface area contributed by atoms with E-state index in [1.165, 1.54) is 0 Å². The standard InChI is InChI=1S/C21H27N3O4/c1-21(20(26)22-15-6-3-4-7-15)14-23-16(18-8-5-12-28-18)9-10-17(23)19(25)24(21)11-13-27-2/h5,8-10,12,15H,3-4,6-7,11,13-14H2,1-2H3,(H,22,26). The molecule has 1 fully saturated rings. The summed E-state index contributed by atoms with van der Waals surface area (Å²) in [6, 6.07) is 7.55. The predicted molar refractivity (Wildman–Crippen MR) is 104 cm³/mol. The first-order valence-electron chi connectivity index (χ1n) is 9.90. The van der Waals surface area contributed by atoms with Gasteiger partial charge in [0.15, 0.2) is 0 Å². The minimum atomic E-state index is -0.994. The number of nitrogens with one attached hydrogen (secondary N) is 1. The van der Waals surface area contributed by atoms with Gasteiger partial charge in [0.2, 0.25) is 5.91 Å². The molecule has 0 radical (unpaired) electrons. The molecule has 28 heavy (non-hydrogen) atoms. The first-order valence-corrected chi connectivity index (χ1v) is 9.90. The number of furan rings is 1. The fourth-order valence-electron chi connectivity index (χ4n) is 4.36. The smallest absolute Gasteiger partial charge is 0.271 e. The van der Waals surface area contributed by atoms with E-state index in [2.05, 4.69) is 5.32 Å². The molecule has 1 aliphatic heterocycles. The van der Waals surface area contributed by atoms with Gasteiger partial charge in [-0.25, -0.2) is 0 Å². The van der Waals surface area contributed by atoms with Gasteiger partial charge in [0, 0.05) is 19.7 Å². The third-order valence-corrected chi connectivity index (χ3v) is 5.98. The van der Waals surface area contributed by atoms with Crippen LogP contribution in [0.3, 0.4) is 0 Å². The Labute approximate surface area is 164 Å². The Bertz CT molecular complexity index is 851. The first kappa shape index (κ1) is 18.8. The van der Waals surface area contributed by atoms with E-state index in [1.807, 2.05) is 29.7 Å². The Morgan fingerprint density at radius 2 is 2.04 bits per heavy atom. The number of amides is 2. The zero-order valence-corrected chi connectivity index (χ0v) is 16.4. The maximum Gasteiger partial charge on any atom is 0.271 e. The number of ether oxygens (including phenoxy) is 1. The van der Waals surface area contributed by atoms with E-state index in [0.717, 1.165) is 31.4 Å². The molecule has 2 amide bonds. The largest absolute Gasteiger partial charge is 0.463 e. The van der Waals surface area contributed by atoms with Crippen LogP contribution in [0.15, 0.2) is 34.9 Å². The van der Waals surface area contributed by atoms with Crippen molar-refractivity contribution in [3.05, 3.63) is 36.2 Å². The zero-order chi connectivity index (χ0) is 19.7. The van der Waals surface area contributed by atoms with Crippen LogP contribution in [0.25, 0.3) is 11.5 Å². The second-order valence-electron chi connectivity index (χ2n) is 7.85. The Morgan fingerprint density at radius 1 is 1.29 bits per heavy atom. The predicted octanol–water partition coefficient (Wildman–Crippen LogP) is 2.67. The van der Waals surface area contributed by atoms with Crippen molar-refractivity contribution in [2.75, 3.05) is 20.3 Å². The summed E-state index contributed by atoms with van der Waals surface area (Å²) in [6.07, 6.45) is 5.88. The minimum Gasteiger partial charge on any atom is -0.463 e. The molecule has 1 aliphatic carbocycles. The number of aromatic nitrogens is 1. The summed E-state index contributed by atoms with van der Waals surface area (Å²) in [4.78, 5) is 28.3. The minimum absolute atomic E-state index is 0.103. The van der Waals surface area contributed by atoms with Crippen LogP contribution in [0.5, 0.6) is 0 Å². The Morgan fingerprint density at radius 3 is 2.71 bits per heavy atom. The number of carbonyl (C=O) groups excluding carboxylic acids is 2. The van der Waals surface area contributed by atoms with E-state index in [4.69, 9.17) is 9.15 Å². The number of carbonyl (C=O) groups is 2. The normalized spacial score (nSPS) is 22.5. The van der Waals surface area contributed by atoms with Gasteiger partial charge < -0.3 is 23.9 Å². The Balaban J connectivity index is 1.70. The summed E-state index contributed by atoms with van der Waals surface area (Å²) >= 11 is 0. The number of fused-ring (bicyclic) bond motifs is 1. The quantitative estimate of drug-likeness (QED) is 0.829. The molecule has 7 nitrogen and oxygen atoms in total. The third-order valence-electron chi connectivity index (χ3n) is 5.98. The summed E-state index contributed by atoms with van der Waals surface area (Å²) in [5, 5.41) is 3.18. The van der Waals surface area contributed by atoms with Crippen molar-refractivity contribution in [1.29, 1.82) is 0 Å². The SMILES string of the molecule is COCCN1C(=O)c2ccc(-c3ccco3)n2CC1(C)C(=O)NC1CCCC1. The lowest BCUT2D eigenvalue weighted by molar-refractivity contribution is -0.133. The van der Waals surface area contributed by atoms with E-state index in [1.54, 1.807) is 24.3 Å². The molecule has 0 saturated heterocycles. The van der Waals surface area contributed by atoms with E-state index < -0.39 is 5.54 Å². The number of nitrogens with zero attached hydrogens (tertiary/aromatic N) is 2. The third kappa shape index (κ3) is 3.13. The molecule has 2 aromatic heterocycles. The van der Waals surface area contributed by atoms with Crippen LogP contribution in [0, 0.1) is 0 Å². The second-order valence-corrected chi connectivity index (χ2v) is 7.85. The highest BCUT2D eigenvalue weighted by Gasteiger charge is 2.48. The zero-order valence-electron chi connectivity index (χ0n) is 16.4. The van der Waals surface area contributed by atoms with Gasteiger partial charge in [-0.05, 0) is 44.0 Å². The summed E-state index contributed by atoms with van der Waals surface area (Å²) in [5.41, 5.74) is 0.374. The lowest BCUT2D eigenvalue weighted by Gasteiger charge is -2.44. The van der Waals surface area contributed by atoms with E-state index in [0.29, 0.717) is 31.2 Å². The van der Waals surface area contributed by atoms with Gasteiger partial charge in [-0.15, -0.1) is 0 Å². The van der Waals surface area contributed by atoms with Crippen LogP contribution >= 0.6 is 0 Å². The number of hydrogen-bond donors (Lipinski definition) is 1. The average Bonchev–Trinajstić information content (AvgIpc) is 3.42. The van der Waals surface area contributed by atoms with Gasteiger partial charge in [-0.1, -0.05) is 12.8 Å². The van der Waals surface area contributed by atoms with Crippen molar-refractivity contribution in [1.82, 2.24) is 14.8 Å². The average molecular weight is 385 g/mol. The summed E-state index contributed by atoms with van der Waals surface area (Å²) < 4.78 is 12.6. The van der Waals surface area contributed by atoms with Gasteiger partial charge in [-0.2, -0.15) is 0 Å². The summed E-state index contributed by atoms with van der Waals surface area (Å²) in [6.45, 7) is 2.97. The Kier molecular flexibility index (Phi) is 5.02. The van der Waals surface area contributed by atoms with Gasteiger partial charge in [0.1, 0.15) is 17.0 Å². The fraction of sp³-hybridized carbons (Fsp3) is 0.524. The molecule has 0 spiro atoms. The summed E-state index contributed by atoms with van der Waals surface area (Å²) in [5.74, 6) is 0.418. The maximum absolute atomic E-state index is 13.3. The van der Waals surface area contributed by atoms with Gasteiger partial charge >= 0.3 is 0 Å². The number of rotatable bonds is 6. The van der Waals surface area contributed by atoms with Crippen molar-refractivity contribution in [2.45, 2.75) is 50.7 Å². The van der Waals surface area contributed by atoms with Crippen LogP contribution in [0.4, 0.5) is 0 Å². The summed E-state index contributed by atoms with van der Waals surface area (Å²) in [7, 11) is 1.60. The van der Waals surface area contributed by atoms with Crippen molar-refractivity contribution in [3.63, 3.8) is 0 Å². The molecule has 1 atom stereocenters. The molecular weight excluding hydrogens is 358 g/mol. The van der Waals surface area contributed by atoms with Crippen LogP contribution in [-0.4, -0.2) is 53.1 Å². The molecule has 0 bridgehead atoms. The van der Waals surface area contributed by atoms with Gasteiger partial charge in [0.05, 0.1) is 25.1 Å².